The van der Waals surface area contributed by atoms with Crippen LogP contribution in [0.2, 0.25) is 0 Å². The quantitative estimate of drug-likeness (QED) is 0.880. The molecule has 0 heterocycles. The predicted octanol–water partition coefficient (Wildman–Crippen LogP) is 4.40. The van der Waals surface area contributed by atoms with Crippen LogP contribution in [0, 0.1) is 6.92 Å². The largest absolute Gasteiger partial charge is 0.494 e. The summed E-state index contributed by atoms with van der Waals surface area (Å²) in [6.07, 6.45) is 0.833. The van der Waals surface area contributed by atoms with Crippen LogP contribution in [-0.2, 0) is 6.42 Å². The lowest BCUT2D eigenvalue weighted by Crippen LogP contribution is -2.14. The molecule has 1 atom stereocenters. The molecule has 0 aliphatic rings. The second-order valence-corrected chi connectivity index (χ2v) is 5.71. The molecule has 0 saturated carbocycles. The molecule has 0 aromatic heterocycles. The fraction of sp³-hybridized carbons (Fsp3) is 0.294. The van der Waals surface area contributed by atoms with Crippen LogP contribution in [-0.4, -0.2) is 6.61 Å². The van der Waals surface area contributed by atoms with Gasteiger partial charge >= 0.3 is 0 Å². The van der Waals surface area contributed by atoms with E-state index >= 15 is 0 Å². The molecule has 0 aliphatic heterocycles. The van der Waals surface area contributed by atoms with E-state index in [1.807, 2.05) is 25.1 Å². The Balaban J connectivity index is 2.17. The number of hydrogen-bond donors (Lipinski definition) is 1. The van der Waals surface area contributed by atoms with Crippen LogP contribution in [0.25, 0.3) is 0 Å². The van der Waals surface area contributed by atoms with Gasteiger partial charge in [-0.15, -0.1) is 0 Å². The van der Waals surface area contributed by atoms with Crippen molar-refractivity contribution in [3.8, 4) is 5.75 Å². The van der Waals surface area contributed by atoms with Gasteiger partial charge in [-0.05, 0) is 49.1 Å². The molecule has 2 nitrogen and oxygen atoms in total. The van der Waals surface area contributed by atoms with Crippen molar-refractivity contribution in [2.75, 3.05) is 6.61 Å². The first-order valence-electron chi connectivity index (χ1n) is 6.84. The average molecular weight is 334 g/mol. The maximum absolute atomic E-state index is 6.35. The van der Waals surface area contributed by atoms with E-state index in [0.717, 1.165) is 22.2 Å². The summed E-state index contributed by atoms with van der Waals surface area (Å²) in [7, 11) is 0. The third kappa shape index (κ3) is 3.62. The first kappa shape index (κ1) is 15.1. The van der Waals surface area contributed by atoms with Gasteiger partial charge in [0.15, 0.2) is 0 Å². The smallest absolute Gasteiger partial charge is 0.120 e. The molecule has 0 spiro atoms. The number of benzene rings is 2. The van der Waals surface area contributed by atoms with Crippen molar-refractivity contribution in [2.45, 2.75) is 26.3 Å². The number of nitrogens with two attached hydrogens (primary N) is 1. The molecule has 20 heavy (non-hydrogen) atoms. The molecule has 1 unspecified atom stereocenters. The normalized spacial score (nSPS) is 12.2. The molecule has 0 saturated heterocycles. The second-order valence-electron chi connectivity index (χ2n) is 4.85. The van der Waals surface area contributed by atoms with Crippen molar-refractivity contribution >= 4 is 15.9 Å². The van der Waals surface area contributed by atoms with E-state index in [9.17, 15) is 0 Å². The third-order valence-corrected chi connectivity index (χ3v) is 4.07. The molecule has 106 valence electrons. The van der Waals surface area contributed by atoms with Gasteiger partial charge in [0.2, 0.25) is 0 Å². The van der Waals surface area contributed by atoms with Gasteiger partial charge in [-0.2, -0.15) is 0 Å². The molecule has 2 aromatic rings. The minimum atomic E-state index is -0.0267. The number of ether oxygens (including phenoxy) is 1. The van der Waals surface area contributed by atoms with E-state index in [-0.39, 0.29) is 6.04 Å². The summed E-state index contributed by atoms with van der Waals surface area (Å²) >= 11 is 3.59. The molecule has 0 aliphatic carbocycles. The van der Waals surface area contributed by atoms with E-state index in [0.29, 0.717) is 6.61 Å². The molecule has 3 heteroatoms. The Morgan fingerprint density at radius 1 is 1.20 bits per heavy atom. The van der Waals surface area contributed by atoms with Crippen molar-refractivity contribution < 1.29 is 4.74 Å². The summed E-state index contributed by atoms with van der Waals surface area (Å²) in [6.45, 7) is 4.77. The minimum absolute atomic E-state index is 0.0267. The van der Waals surface area contributed by atoms with E-state index in [2.05, 4.69) is 47.1 Å². The van der Waals surface area contributed by atoms with E-state index in [4.69, 9.17) is 10.5 Å². The lowest BCUT2D eigenvalue weighted by atomic mass is 9.97. The lowest BCUT2D eigenvalue weighted by molar-refractivity contribution is 0.340. The van der Waals surface area contributed by atoms with Gasteiger partial charge in [0.1, 0.15) is 5.75 Å². The fourth-order valence-corrected chi connectivity index (χ4v) is 2.90. The average Bonchev–Trinajstić information content (AvgIpc) is 2.42. The minimum Gasteiger partial charge on any atom is -0.494 e. The summed E-state index contributed by atoms with van der Waals surface area (Å²) in [5.74, 6) is 0.867. The van der Waals surface area contributed by atoms with Gasteiger partial charge in [-0.1, -0.05) is 46.3 Å². The lowest BCUT2D eigenvalue weighted by Gasteiger charge is -2.16. The van der Waals surface area contributed by atoms with E-state index < -0.39 is 0 Å². The van der Waals surface area contributed by atoms with E-state index in [1.54, 1.807) is 0 Å². The Morgan fingerprint density at radius 2 is 1.95 bits per heavy atom. The van der Waals surface area contributed by atoms with Crippen LogP contribution in [0.3, 0.4) is 0 Å². The number of rotatable bonds is 5. The SMILES string of the molecule is CCOc1ccc(C(N)Cc2ccccc2C)c(Br)c1. The predicted molar refractivity (Wildman–Crippen MR) is 87.1 cm³/mol. The number of halogens is 1. The van der Waals surface area contributed by atoms with Crippen LogP contribution < -0.4 is 10.5 Å². The highest BCUT2D eigenvalue weighted by Gasteiger charge is 2.12. The summed E-state index contributed by atoms with van der Waals surface area (Å²) in [5.41, 5.74) is 10.0. The summed E-state index contributed by atoms with van der Waals surface area (Å²) in [6, 6.07) is 14.3. The summed E-state index contributed by atoms with van der Waals surface area (Å²) in [5, 5.41) is 0. The molecular formula is C17H20BrNO. The molecule has 2 N–H and O–H groups in total. The first-order valence-corrected chi connectivity index (χ1v) is 7.63. The van der Waals surface area contributed by atoms with Crippen molar-refractivity contribution in [3.05, 3.63) is 63.6 Å². The molecule has 2 aromatic carbocycles. The molecule has 0 radical (unpaired) electrons. The fourth-order valence-electron chi connectivity index (χ4n) is 2.25. The van der Waals surface area contributed by atoms with Gasteiger partial charge in [0, 0.05) is 10.5 Å². The molecular weight excluding hydrogens is 314 g/mol. The maximum atomic E-state index is 6.35. The Labute approximate surface area is 129 Å². The van der Waals surface area contributed by atoms with Crippen LogP contribution in [0.1, 0.15) is 29.7 Å². The number of aryl methyl sites for hydroxylation is 1. The van der Waals surface area contributed by atoms with Crippen molar-refractivity contribution in [2.24, 2.45) is 5.73 Å². The monoisotopic (exact) mass is 333 g/mol. The topological polar surface area (TPSA) is 35.2 Å². The van der Waals surface area contributed by atoms with Crippen molar-refractivity contribution in [3.63, 3.8) is 0 Å². The molecule has 0 amide bonds. The Kier molecular flexibility index (Phi) is 5.21. The molecule has 2 rings (SSSR count). The Hall–Kier alpha value is -1.32. The highest BCUT2D eigenvalue weighted by atomic mass is 79.9. The van der Waals surface area contributed by atoms with Crippen LogP contribution in [0.4, 0.5) is 0 Å². The van der Waals surface area contributed by atoms with Crippen LogP contribution in [0.15, 0.2) is 46.9 Å². The standard InChI is InChI=1S/C17H20BrNO/c1-3-20-14-8-9-15(16(18)11-14)17(19)10-13-7-5-4-6-12(13)2/h4-9,11,17H,3,10,19H2,1-2H3. The van der Waals surface area contributed by atoms with Gasteiger partial charge in [0.25, 0.3) is 0 Å². The Morgan fingerprint density at radius 3 is 2.60 bits per heavy atom. The highest BCUT2D eigenvalue weighted by molar-refractivity contribution is 9.10. The zero-order valence-corrected chi connectivity index (χ0v) is 13.5. The van der Waals surface area contributed by atoms with Crippen LogP contribution >= 0.6 is 15.9 Å². The third-order valence-electron chi connectivity index (χ3n) is 3.38. The maximum Gasteiger partial charge on any atom is 0.120 e. The first-order chi connectivity index (χ1) is 9.61. The molecule has 0 fully saturated rings. The number of hydrogen-bond acceptors (Lipinski definition) is 2. The van der Waals surface area contributed by atoms with Gasteiger partial charge in [-0.3, -0.25) is 0 Å². The summed E-state index contributed by atoms with van der Waals surface area (Å²) in [4.78, 5) is 0. The summed E-state index contributed by atoms with van der Waals surface area (Å²) < 4.78 is 6.49. The Bertz CT molecular complexity index is 583. The van der Waals surface area contributed by atoms with Crippen molar-refractivity contribution in [1.29, 1.82) is 0 Å². The van der Waals surface area contributed by atoms with Gasteiger partial charge < -0.3 is 10.5 Å². The zero-order chi connectivity index (χ0) is 14.5. The van der Waals surface area contributed by atoms with E-state index in [1.165, 1.54) is 11.1 Å². The van der Waals surface area contributed by atoms with Gasteiger partial charge in [-0.25, -0.2) is 0 Å². The molecule has 0 bridgehead atoms. The van der Waals surface area contributed by atoms with Gasteiger partial charge in [0.05, 0.1) is 6.61 Å². The highest BCUT2D eigenvalue weighted by Crippen LogP contribution is 2.29. The zero-order valence-electron chi connectivity index (χ0n) is 11.9. The second kappa shape index (κ2) is 6.91. The van der Waals surface area contributed by atoms with Crippen molar-refractivity contribution in [1.82, 2.24) is 0 Å². The van der Waals surface area contributed by atoms with Crippen LogP contribution in [0.5, 0.6) is 5.75 Å².